The topological polar surface area (TPSA) is 61.6 Å². The van der Waals surface area contributed by atoms with Gasteiger partial charge in [-0.15, -0.1) is 0 Å². The predicted octanol–water partition coefficient (Wildman–Crippen LogP) is 1.62. The zero-order valence-electron chi connectivity index (χ0n) is 15.2. The van der Waals surface area contributed by atoms with Crippen LogP contribution >= 0.6 is 0 Å². The Bertz CT molecular complexity index is 769. The third-order valence-electron chi connectivity index (χ3n) is 5.89. The molecule has 0 spiro atoms. The van der Waals surface area contributed by atoms with Gasteiger partial charge in [-0.05, 0) is 44.0 Å². The molecule has 0 radical (unpaired) electrons. The molecule has 3 heterocycles. The number of piperidine rings is 1. The number of amides is 1. The van der Waals surface area contributed by atoms with Crippen LogP contribution in [0.3, 0.4) is 0 Å². The molecule has 1 N–H and O–H groups in total. The number of aliphatic hydroxyl groups is 1. The molecule has 2 atom stereocenters. The highest BCUT2D eigenvalue weighted by atomic mass is 16.3. The Morgan fingerprint density at radius 2 is 1.88 bits per heavy atom. The number of benzene rings is 1. The summed E-state index contributed by atoms with van der Waals surface area (Å²) in [6.45, 7) is 3.04. The van der Waals surface area contributed by atoms with E-state index in [1.54, 1.807) is 24.0 Å². The number of carbonyl (C=O) groups excluding carboxylic acids is 1. The first-order valence-electron chi connectivity index (χ1n) is 9.39. The molecule has 1 aromatic carbocycles. The maximum atomic E-state index is 13.0. The first kappa shape index (κ1) is 17.2. The molecule has 6 nitrogen and oxygen atoms in total. The van der Waals surface area contributed by atoms with E-state index < -0.39 is 5.60 Å². The Morgan fingerprint density at radius 1 is 1.15 bits per heavy atom. The van der Waals surface area contributed by atoms with Crippen LogP contribution in [0.2, 0.25) is 0 Å². The summed E-state index contributed by atoms with van der Waals surface area (Å²) < 4.78 is 1.62. The average Bonchev–Trinajstić information content (AvgIpc) is 3.34. The third kappa shape index (κ3) is 2.93. The van der Waals surface area contributed by atoms with E-state index in [4.69, 9.17) is 0 Å². The molecule has 4 rings (SSSR count). The van der Waals surface area contributed by atoms with Crippen molar-refractivity contribution in [2.75, 3.05) is 26.2 Å². The van der Waals surface area contributed by atoms with Crippen LogP contribution in [-0.4, -0.2) is 62.8 Å². The minimum Gasteiger partial charge on any atom is -0.383 e. The Morgan fingerprint density at radius 3 is 2.54 bits per heavy atom. The van der Waals surface area contributed by atoms with Gasteiger partial charge in [-0.3, -0.25) is 14.4 Å². The number of hydrogen-bond acceptors (Lipinski definition) is 4. The first-order valence-corrected chi connectivity index (χ1v) is 9.39. The third-order valence-corrected chi connectivity index (χ3v) is 5.89. The Balaban J connectivity index is 1.63. The minimum absolute atomic E-state index is 0.00990. The van der Waals surface area contributed by atoms with Crippen molar-refractivity contribution in [3.8, 4) is 0 Å². The molecular formula is C20H26N4O2. The Kier molecular flexibility index (Phi) is 4.54. The lowest BCUT2D eigenvalue weighted by Gasteiger charge is -2.48. The van der Waals surface area contributed by atoms with E-state index in [0.29, 0.717) is 25.2 Å². The van der Waals surface area contributed by atoms with Crippen molar-refractivity contribution in [2.24, 2.45) is 7.05 Å². The number of hydrogen-bond donors (Lipinski definition) is 1. The highest BCUT2D eigenvalue weighted by Crippen LogP contribution is 2.37. The number of aromatic nitrogens is 2. The lowest BCUT2D eigenvalue weighted by atomic mass is 9.79. The van der Waals surface area contributed by atoms with Crippen molar-refractivity contribution in [3.63, 3.8) is 0 Å². The lowest BCUT2D eigenvalue weighted by molar-refractivity contribution is -0.0879. The molecule has 0 bridgehead atoms. The van der Waals surface area contributed by atoms with E-state index in [1.807, 2.05) is 35.2 Å². The normalized spacial score (nSPS) is 27.0. The van der Waals surface area contributed by atoms with Crippen LogP contribution in [0.5, 0.6) is 0 Å². The van der Waals surface area contributed by atoms with Gasteiger partial charge in [-0.1, -0.05) is 30.3 Å². The predicted molar refractivity (Wildman–Crippen MR) is 98.7 cm³/mol. The van der Waals surface area contributed by atoms with Gasteiger partial charge in [-0.25, -0.2) is 0 Å². The average molecular weight is 354 g/mol. The standard InChI is InChI=1S/C20H26N4O2/c1-22-17(9-11-21-22)19(25)24-14-10-20(26,16-7-3-2-4-8-16)18(15-24)23-12-5-6-13-23/h2-4,7-9,11,18,26H,5-6,10,12-15H2,1H3. The summed E-state index contributed by atoms with van der Waals surface area (Å²) in [5.41, 5.74) is 0.620. The summed E-state index contributed by atoms with van der Waals surface area (Å²) in [5.74, 6) is -0.00990. The molecule has 1 amide bonds. The zero-order valence-corrected chi connectivity index (χ0v) is 15.2. The maximum Gasteiger partial charge on any atom is 0.272 e. The summed E-state index contributed by atoms with van der Waals surface area (Å²) in [5, 5.41) is 15.8. The fourth-order valence-electron chi connectivity index (χ4n) is 4.39. The lowest BCUT2D eigenvalue weighted by Crippen LogP contribution is -2.61. The van der Waals surface area contributed by atoms with E-state index in [9.17, 15) is 9.90 Å². The fraction of sp³-hybridized carbons (Fsp3) is 0.500. The summed E-state index contributed by atoms with van der Waals surface area (Å²) in [4.78, 5) is 17.2. The molecule has 2 aliphatic heterocycles. The quantitative estimate of drug-likeness (QED) is 0.910. The van der Waals surface area contributed by atoms with Crippen LogP contribution in [-0.2, 0) is 12.6 Å². The highest BCUT2D eigenvalue weighted by Gasteiger charge is 2.47. The summed E-state index contributed by atoms with van der Waals surface area (Å²) in [6, 6.07) is 11.6. The SMILES string of the molecule is Cn1nccc1C(=O)N1CCC(O)(c2ccccc2)C(N2CCCC2)C1. The fourth-order valence-corrected chi connectivity index (χ4v) is 4.39. The van der Waals surface area contributed by atoms with Gasteiger partial charge in [0.05, 0.1) is 6.04 Å². The minimum atomic E-state index is -0.922. The molecule has 138 valence electrons. The van der Waals surface area contributed by atoms with Crippen molar-refractivity contribution < 1.29 is 9.90 Å². The highest BCUT2D eigenvalue weighted by molar-refractivity contribution is 5.92. The molecule has 2 fully saturated rings. The van der Waals surface area contributed by atoms with Crippen LogP contribution < -0.4 is 0 Å². The van der Waals surface area contributed by atoms with Gasteiger partial charge >= 0.3 is 0 Å². The van der Waals surface area contributed by atoms with Crippen molar-refractivity contribution in [1.82, 2.24) is 19.6 Å². The van der Waals surface area contributed by atoms with E-state index in [-0.39, 0.29) is 11.9 Å². The molecule has 0 saturated carbocycles. The number of rotatable bonds is 3. The number of nitrogens with zero attached hydrogens (tertiary/aromatic N) is 4. The van der Waals surface area contributed by atoms with E-state index in [2.05, 4.69) is 10.00 Å². The zero-order chi connectivity index (χ0) is 18.1. The molecule has 2 saturated heterocycles. The Hall–Kier alpha value is -2.18. The van der Waals surface area contributed by atoms with Gasteiger partial charge in [0.2, 0.25) is 0 Å². The van der Waals surface area contributed by atoms with Gasteiger partial charge in [0.1, 0.15) is 11.3 Å². The van der Waals surface area contributed by atoms with Gasteiger partial charge in [0.25, 0.3) is 5.91 Å². The van der Waals surface area contributed by atoms with Crippen LogP contribution in [0.1, 0.15) is 35.3 Å². The van der Waals surface area contributed by atoms with Gasteiger partial charge in [-0.2, -0.15) is 5.10 Å². The van der Waals surface area contributed by atoms with Crippen molar-refractivity contribution in [2.45, 2.75) is 30.9 Å². The molecule has 6 heteroatoms. The van der Waals surface area contributed by atoms with Crippen LogP contribution in [0.4, 0.5) is 0 Å². The molecule has 2 aliphatic rings. The first-order chi connectivity index (χ1) is 12.6. The second-order valence-corrected chi connectivity index (χ2v) is 7.39. The van der Waals surface area contributed by atoms with Crippen molar-refractivity contribution in [3.05, 3.63) is 53.9 Å². The summed E-state index contributed by atoms with van der Waals surface area (Å²) in [7, 11) is 1.79. The molecule has 26 heavy (non-hydrogen) atoms. The van der Waals surface area contributed by atoms with Crippen LogP contribution in [0.25, 0.3) is 0 Å². The maximum absolute atomic E-state index is 13.0. The molecular weight excluding hydrogens is 328 g/mol. The smallest absolute Gasteiger partial charge is 0.272 e. The van der Waals surface area contributed by atoms with Gasteiger partial charge in [0.15, 0.2) is 0 Å². The van der Waals surface area contributed by atoms with Crippen molar-refractivity contribution in [1.29, 1.82) is 0 Å². The van der Waals surface area contributed by atoms with E-state index in [0.717, 1.165) is 31.5 Å². The van der Waals surface area contributed by atoms with Gasteiger partial charge < -0.3 is 10.0 Å². The van der Waals surface area contributed by atoms with Gasteiger partial charge in [0, 0.05) is 26.3 Å². The van der Waals surface area contributed by atoms with Crippen LogP contribution in [0, 0.1) is 0 Å². The second-order valence-electron chi connectivity index (χ2n) is 7.39. The number of aryl methyl sites for hydroxylation is 1. The Labute approximate surface area is 154 Å². The molecule has 2 unspecified atom stereocenters. The molecule has 2 aromatic rings. The monoisotopic (exact) mass is 354 g/mol. The van der Waals surface area contributed by atoms with E-state index in [1.165, 1.54) is 0 Å². The second kappa shape index (κ2) is 6.85. The van der Waals surface area contributed by atoms with Crippen LogP contribution in [0.15, 0.2) is 42.6 Å². The van der Waals surface area contributed by atoms with E-state index >= 15 is 0 Å². The number of carbonyl (C=O) groups is 1. The summed E-state index contributed by atoms with van der Waals surface area (Å²) >= 11 is 0. The summed E-state index contributed by atoms with van der Waals surface area (Å²) in [6.07, 6.45) is 4.49. The largest absolute Gasteiger partial charge is 0.383 e. The van der Waals surface area contributed by atoms with Crippen molar-refractivity contribution >= 4 is 5.91 Å². The number of likely N-dealkylation sites (tertiary alicyclic amines) is 2. The molecule has 1 aromatic heterocycles. The molecule has 0 aliphatic carbocycles.